The highest BCUT2D eigenvalue weighted by atomic mass is 16.5. The maximum absolute atomic E-state index is 5.73. The third-order valence-corrected chi connectivity index (χ3v) is 4.25. The largest absolute Gasteiger partial charge is 0.494 e. The molecule has 0 aliphatic carbocycles. The zero-order valence-corrected chi connectivity index (χ0v) is 13.1. The molecule has 0 amide bonds. The van der Waals surface area contributed by atoms with Crippen molar-refractivity contribution >= 4 is 0 Å². The van der Waals surface area contributed by atoms with Crippen LogP contribution in [0.4, 0.5) is 0 Å². The van der Waals surface area contributed by atoms with Crippen molar-refractivity contribution < 1.29 is 4.74 Å². The van der Waals surface area contributed by atoms with Gasteiger partial charge in [-0.2, -0.15) is 0 Å². The lowest BCUT2D eigenvalue weighted by Gasteiger charge is -2.31. The third kappa shape index (κ3) is 4.52. The van der Waals surface area contributed by atoms with Crippen LogP contribution in [0.25, 0.3) is 0 Å². The van der Waals surface area contributed by atoms with Crippen LogP contribution in [0.15, 0.2) is 24.3 Å². The van der Waals surface area contributed by atoms with E-state index in [-0.39, 0.29) is 0 Å². The molecule has 0 aromatic heterocycles. The van der Waals surface area contributed by atoms with Gasteiger partial charge in [0.2, 0.25) is 0 Å². The van der Waals surface area contributed by atoms with E-state index in [0.29, 0.717) is 0 Å². The van der Waals surface area contributed by atoms with Gasteiger partial charge < -0.3 is 9.64 Å². The second-order valence-electron chi connectivity index (χ2n) is 5.89. The van der Waals surface area contributed by atoms with E-state index in [9.17, 15) is 0 Å². The van der Waals surface area contributed by atoms with Crippen LogP contribution < -0.4 is 4.74 Å². The lowest BCUT2D eigenvalue weighted by atomic mass is 9.89. The molecule has 1 heterocycles. The summed E-state index contributed by atoms with van der Waals surface area (Å²) in [4.78, 5) is 2.60. The van der Waals surface area contributed by atoms with Gasteiger partial charge in [0, 0.05) is 0 Å². The van der Waals surface area contributed by atoms with Gasteiger partial charge in [-0.1, -0.05) is 32.4 Å². The van der Waals surface area contributed by atoms with Crippen molar-refractivity contribution in [2.24, 2.45) is 0 Å². The molecule has 0 unspecified atom stereocenters. The van der Waals surface area contributed by atoms with E-state index < -0.39 is 0 Å². The van der Waals surface area contributed by atoms with E-state index in [1.807, 2.05) is 0 Å². The molecular formula is C18H29NO. The van der Waals surface area contributed by atoms with Crippen LogP contribution in [-0.2, 0) is 0 Å². The predicted octanol–water partition coefficient (Wildman–Crippen LogP) is 4.45. The van der Waals surface area contributed by atoms with Crippen LogP contribution >= 0.6 is 0 Å². The van der Waals surface area contributed by atoms with Gasteiger partial charge in [0.25, 0.3) is 0 Å². The Labute approximate surface area is 124 Å². The van der Waals surface area contributed by atoms with Gasteiger partial charge >= 0.3 is 0 Å². The molecule has 0 radical (unpaired) electrons. The fourth-order valence-electron chi connectivity index (χ4n) is 2.98. The minimum atomic E-state index is 0.743. The summed E-state index contributed by atoms with van der Waals surface area (Å²) in [5, 5.41) is 0. The molecular weight excluding hydrogens is 246 g/mol. The molecule has 1 aromatic rings. The van der Waals surface area contributed by atoms with Gasteiger partial charge in [0.05, 0.1) is 6.61 Å². The number of benzene rings is 1. The van der Waals surface area contributed by atoms with Crippen molar-refractivity contribution in [1.82, 2.24) is 4.90 Å². The van der Waals surface area contributed by atoms with Crippen LogP contribution in [0.5, 0.6) is 5.75 Å². The topological polar surface area (TPSA) is 12.5 Å². The zero-order valence-electron chi connectivity index (χ0n) is 13.1. The molecule has 1 aromatic carbocycles. The SMILES string of the molecule is CCCCOc1ccc(C2CCN(CCC)CC2)cc1. The van der Waals surface area contributed by atoms with Crippen molar-refractivity contribution in [2.45, 2.75) is 51.9 Å². The lowest BCUT2D eigenvalue weighted by Crippen LogP contribution is -2.33. The molecule has 1 saturated heterocycles. The number of hydrogen-bond acceptors (Lipinski definition) is 2. The van der Waals surface area contributed by atoms with E-state index in [0.717, 1.165) is 24.7 Å². The first kappa shape index (κ1) is 15.4. The molecule has 20 heavy (non-hydrogen) atoms. The first-order chi connectivity index (χ1) is 9.83. The smallest absolute Gasteiger partial charge is 0.119 e. The molecule has 1 aliphatic heterocycles. The van der Waals surface area contributed by atoms with E-state index in [4.69, 9.17) is 4.74 Å². The Morgan fingerprint density at radius 3 is 2.35 bits per heavy atom. The molecule has 0 saturated carbocycles. The maximum Gasteiger partial charge on any atom is 0.119 e. The third-order valence-electron chi connectivity index (χ3n) is 4.25. The number of hydrogen-bond donors (Lipinski definition) is 0. The van der Waals surface area contributed by atoms with Crippen LogP contribution in [0, 0.1) is 0 Å². The van der Waals surface area contributed by atoms with E-state index in [1.165, 1.54) is 50.9 Å². The number of rotatable bonds is 7. The normalized spacial score (nSPS) is 17.3. The average molecular weight is 275 g/mol. The second kappa shape index (κ2) is 8.31. The Morgan fingerprint density at radius 2 is 1.75 bits per heavy atom. The molecule has 2 rings (SSSR count). The molecule has 0 bridgehead atoms. The first-order valence-electron chi connectivity index (χ1n) is 8.28. The summed E-state index contributed by atoms with van der Waals surface area (Å²) < 4.78 is 5.73. The van der Waals surface area contributed by atoms with Crippen LogP contribution in [0.1, 0.15) is 57.4 Å². The number of ether oxygens (including phenoxy) is 1. The average Bonchev–Trinajstić information content (AvgIpc) is 2.49. The summed E-state index contributed by atoms with van der Waals surface area (Å²) in [6.45, 7) is 9.07. The Morgan fingerprint density at radius 1 is 1.05 bits per heavy atom. The predicted molar refractivity (Wildman–Crippen MR) is 85.6 cm³/mol. The van der Waals surface area contributed by atoms with Crippen molar-refractivity contribution in [3.63, 3.8) is 0 Å². The van der Waals surface area contributed by atoms with Crippen molar-refractivity contribution in [3.05, 3.63) is 29.8 Å². The quantitative estimate of drug-likeness (QED) is 0.681. The van der Waals surface area contributed by atoms with E-state index in [2.05, 4.69) is 43.0 Å². The van der Waals surface area contributed by atoms with Gasteiger partial charge in [-0.05, 0) is 68.9 Å². The maximum atomic E-state index is 5.73. The number of unbranched alkanes of at least 4 members (excludes halogenated alkanes) is 1. The van der Waals surface area contributed by atoms with Crippen molar-refractivity contribution in [3.8, 4) is 5.75 Å². The molecule has 112 valence electrons. The van der Waals surface area contributed by atoms with E-state index in [1.54, 1.807) is 0 Å². The summed E-state index contributed by atoms with van der Waals surface area (Å²) >= 11 is 0. The highest BCUT2D eigenvalue weighted by Crippen LogP contribution is 2.29. The highest BCUT2D eigenvalue weighted by Gasteiger charge is 2.19. The fourth-order valence-corrected chi connectivity index (χ4v) is 2.98. The molecule has 1 aliphatic rings. The van der Waals surface area contributed by atoms with Crippen LogP contribution in [0.3, 0.4) is 0 Å². The Hall–Kier alpha value is -1.02. The Balaban J connectivity index is 1.81. The van der Waals surface area contributed by atoms with Crippen LogP contribution in [0.2, 0.25) is 0 Å². The summed E-state index contributed by atoms with van der Waals surface area (Å²) in [6, 6.07) is 8.82. The minimum absolute atomic E-state index is 0.743. The van der Waals surface area contributed by atoms with Crippen molar-refractivity contribution in [1.29, 1.82) is 0 Å². The molecule has 0 atom stereocenters. The van der Waals surface area contributed by atoms with Gasteiger partial charge in [-0.25, -0.2) is 0 Å². The molecule has 0 spiro atoms. The Bertz CT molecular complexity index is 366. The lowest BCUT2D eigenvalue weighted by molar-refractivity contribution is 0.212. The number of nitrogens with zero attached hydrogens (tertiary/aromatic N) is 1. The summed E-state index contributed by atoms with van der Waals surface area (Å²) in [5.74, 6) is 1.76. The van der Waals surface area contributed by atoms with Crippen molar-refractivity contribution in [2.75, 3.05) is 26.2 Å². The monoisotopic (exact) mass is 275 g/mol. The molecule has 2 nitrogen and oxygen atoms in total. The van der Waals surface area contributed by atoms with Gasteiger partial charge in [0.15, 0.2) is 0 Å². The molecule has 2 heteroatoms. The second-order valence-corrected chi connectivity index (χ2v) is 5.89. The summed E-state index contributed by atoms with van der Waals surface area (Å²) in [5.41, 5.74) is 1.49. The summed E-state index contributed by atoms with van der Waals surface area (Å²) in [7, 11) is 0. The highest BCUT2D eigenvalue weighted by molar-refractivity contribution is 5.29. The first-order valence-corrected chi connectivity index (χ1v) is 8.28. The van der Waals surface area contributed by atoms with Gasteiger partial charge in [-0.15, -0.1) is 0 Å². The minimum Gasteiger partial charge on any atom is -0.494 e. The standard InChI is InChI=1S/C18H29NO/c1-3-5-15-20-18-8-6-16(7-9-18)17-10-13-19(12-4-2)14-11-17/h6-9,17H,3-5,10-15H2,1-2H3. The fraction of sp³-hybridized carbons (Fsp3) is 0.667. The molecule has 0 N–H and O–H groups in total. The van der Waals surface area contributed by atoms with E-state index >= 15 is 0 Å². The number of likely N-dealkylation sites (tertiary alicyclic amines) is 1. The van der Waals surface area contributed by atoms with Gasteiger partial charge in [0.1, 0.15) is 5.75 Å². The van der Waals surface area contributed by atoms with Gasteiger partial charge in [-0.3, -0.25) is 0 Å². The summed E-state index contributed by atoms with van der Waals surface area (Å²) in [6.07, 6.45) is 6.20. The zero-order chi connectivity index (χ0) is 14.2. The number of piperidine rings is 1. The van der Waals surface area contributed by atoms with Crippen LogP contribution in [-0.4, -0.2) is 31.1 Å². The Kier molecular flexibility index (Phi) is 6.38. The molecule has 1 fully saturated rings.